The second-order valence-electron chi connectivity index (χ2n) is 9.28. The molecule has 0 unspecified atom stereocenters. The van der Waals surface area contributed by atoms with Crippen molar-refractivity contribution in [2.24, 2.45) is 0 Å². The number of nitriles is 1. The van der Waals surface area contributed by atoms with Gasteiger partial charge < -0.3 is 25.6 Å². The predicted molar refractivity (Wildman–Crippen MR) is 153 cm³/mol. The van der Waals surface area contributed by atoms with Gasteiger partial charge in [0.2, 0.25) is 5.95 Å². The van der Waals surface area contributed by atoms with Gasteiger partial charge >= 0.3 is 0 Å². The van der Waals surface area contributed by atoms with Crippen molar-refractivity contribution in [3.05, 3.63) is 52.8 Å². The first-order chi connectivity index (χ1) is 18.2. The molecular weight excluding hydrogens is 502 g/mol. The van der Waals surface area contributed by atoms with E-state index in [1.165, 1.54) is 6.20 Å². The molecule has 10 nitrogen and oxygen atoms in total. The van der Waals surface area contributed by atoms with Crippen LogP contribution in [0, 0.1) is 11.3 Å². The van der Waals surface area contributed by atoms with Crippen molar-refractivity contribution in [2.75, 3.05) is 57.3 Å². The first-order valence-corrected chi connectivity index (χ1v) is 12.7. The predicted octanol–water partition coefficient (Wildman–Crippen LogP) is 4.63. The summed E-state index contributed by atoms with van der Waals surface area (Å²) in [6, 6.07) is 11.4. The third kappa shape index (κ3) is 5.59. The van der Waals surface area contributed by atoms with E-state index >= 15 is 0 Å². The summed E-state index contributed by atoms with van der Waals surface area (Å²) >= 11 is 6.55. The lowest BCUT2D eigenvalue weighted by Gasteiger charge is -2.24. The number of nitrogen functional groups attached to an aromatic ring is 1. The normalized spacial score (nSPS) is 11.1. The third-order valence-corrected chi connectivity index (χ3v) is 6.45. The van der Waals surface area contributed by atoms with Gasteiger partial charge in [0, 0.05) is 31.6 Å². The molecule has 0 aliphatic carbocycles. The highest BCUT2D eigenvalue weighted by molar-refractivity contribution is 6.32. The lowest BCUT2D eigenvalue weighted by atomic mass is 10.1. The molecule has 0 aliphatic rings. The van der Waals surface area contributed by atoms with Gasteiger partial charge in [0.1, 0.15) is 10.8 Å². The number of nitrogens with one attached hydrogen (secondary N) is 1. The number of benzene rings is 2. The van der Waals surface area contributed by atoms with E-state index in [1.54, 1.807) is 17.9 Å². The van der Waals surface area contributed by atoms with E-state index in [-0.39, 0.29) is 0 Å². The molecule has 3 N–H and O–H groups in total. The van der Waals surface area contributed by atoms with Crippen LogP contribution in [0.3, 0.4) is 0 Å². The smallest absolute Gasteiger partial charge is 0.229 e. The Bertz CT molecular complexity index is 1490. The molecule has 0 saturated heterocycles. The number of rotatable bonds is 10. The molecule has 4 aromatic rings. The maximum Gasteiger partial charge on any atom is 0.229 e. The van der Waals surface area contributed by atoms with Crippen molar-refractivity contribution in [1.29, 1.82) is 5.26 Å². The van der Waals surface area contributed by atoms with Crippen molar-refractivity contribution in [3.63, 3.8) is 0 Å². The SMILES string of the molecule is CCCc1nn(-c2nc(Nc3cc(N)c(N(C)CCN(C)C)cc3OC)ncc2Cl)c2ccc(C#N)cc12. The molecule has 0 spiro atoms. The highest BCUT2D eigenvalue weighted by atomic mass is 35.5. The summed E-state index contributed by atoms with van der Waals surface area (Å²) in [5.41, 5.74) is 10.8. The van der Waals surface area contributed by atoms with Crippen LogP contribution in [0.4, 0.5) is 23.0 Å². The number of aryl methyl sites for hydroxylation is 1. The number of hydrogen-bond acceptors (Lipinski definition) is 9. The minimum Gasteiger partial charge on any atom is -0.494 e. The van der Waals surface area contributed by atoms with Crippen molar-refractivity contribution in [3.8, 4) is 17.6 Å². The monoisotopic (exact) mass is 533 g/mol. The number of nitrogens with zero attached hydrogens (tertiary/aromatic N) is 7. The van der Waals surface area contributed by atoms with Gasteiger partial charge in [-0.15, -0.1) is 0 Å². The molecule has 0 fully saturated rings. The fourth-order valence-corrected chi connectivity index (χ4v) is 4.34. The summed E-state index contributed by atoms with van der Waals surface area (Å²) in [5.74, 6) is 1.34. The third-order valence-electron chi connectivity index (χ3n) is 6.19. The Balaban J connectivity index is 1.71. The molecule has 0 saturated carbocycles. The number of fused-ring (bicyclic) bond motifs is 1. The van der Waals surface area contributed by atoms with Gasteiger partial charge in [-0.1, -0.05) is 24.9 Å². The van der Waals surface area contributed by atoms with Crippen molar-refractivity contribution in [1.82, 2.24) is 24.6 Å². The quantitative estimate of drug-likeness (QED) is 0.281. The van der Waals surface area contributed by atoms with Gasteiger partial charge in [0.05, 0.1) is 53.2 Å². The maximum absolute atomic E-state index is 9.37. The maximum atomic E-state index is 9.37. The van der Waals surface area contributed by atoms with Crippen LogP contribution in [0.2, 0.25) is 5.02 Å². The lowest BCUT2D eigenvalue weighted by Crippen LogP contribution is -2.29. The molecule has 38 heavy (non-hydrogen) atoms. The van der Waals surface area contributed by atoms with Crippen molar-refractivity contribution in [2.45, 2.75) is 19.8 Å². The van der Waals surface area contributed by atoms with E-state index < -0.39 is 0 Å². The van der Waals surface area contributed by atoms with Crippen LogP contribution in [0.1, 0.15) is 24.6 Å². The molecule has 2 aromatic heterocycles. The molecule has 2 heterocycles. The Morgan fingerprint density at radius 1 is 1.18 bits per heavy atom. The van der Waals surface area contributed by atoms with Gasteiger partial charge in [-0.2, -0.15) is 15.3 Å². The summed E-state index contributed by atoms with van der Waals surface area (Å²) in [5, 5.41) is 18.6. The summed E-state index contributed by atoms with van der Waals surface area (Å²) < 4.78 is 7.36. The van der Waals surface area contributed by atoms with Crippen LogP contribution in [-0.2, 0) is 6.42 Å². The van der Waals surface area contributed by atoms with E-state index in [2.05, 4.69) is 38.1 Å². The number of ether oxygens (including phenoxy) is 1. The van der Waals surface area contributed by atoms with Crippen molar-refractivity contribution >= 4 is 45.5 Å². The summed E-state index contributed by atoms with van der Waals surface area (Å²) in [4.78, 5) is 13.3. The number of nitrogens with two attached hydrogens (primary N) is 1. The molecule has 0 radical (unpaired) electrons. The molecular formula is C27H32ClN9O. The fraction of sp³-hybridized carbons (Fsp3) is 0.333. The highest BCUT2D eigenvalue weighted by Gasteiger charge is 2.18. The van der Waals surface area contributed by atoms with Crippen LogP contribution >= 0.6 is 11.6 Å². The van der Waals surface area contributed by atoms with E-state index in [9.17, 15) is 5.26 Å². The van der Waals surface area contributed by atoms with Gasteiger partial charge in [-0.05, 0) is 44.8 Å². The Kier molecular flexibility index (Phi) is 8.20. The van der Waals surface area contributed by atoms with E-state index in [0.717, 1.165) is 48.2 Å². The van der Waals surface area contributed by atoms with Crippen LogP contribution < -0.4 is 20.7 Å². The van der Waals surface area contributed by atoms with E-state index in [0.29, 0.717) is 39.5 Å². The molecule has 2 aromatic carbocycles. The lowest BCUT2D eigenvalue weighted by molar-refractivity contribution is 0.413. The Morgan fingerprint density at radius 3 is 2.66 bits per heavy atom. The van der Waals surface area contributed by atoms with Gasteiger partial charge in [-0.3, -0.25) is 0 Å². The molecule has 0 atom stereocenters. The van der Waals surface area contributed by atoms with Crippen molar-refractivity contribution < 1.29 is 4.74 Å². The Morgan fingerprint density at radius 2 is 1.97 bits per heavy atom. The van der Waals surface area contributed by atoms with Crippen LogP contribution in [0.15, 0.2) is 36.5 Å². The summed E-state index contributed by atoms with van der Waals surface area (Å²) in [6.45, 7) is 3.78. The van der Waals surface area contributed by atoms with Crippen LogP contribution in [-0.4, -0.2) is 66.0 Å². The van der Waals surface area contributed by atoms with Gasteiger partial charge in [0.15, 0.2) is 5.82 Å². The van der Waals surface area contributed by atoms with Gasteiger partial charge in [-0.25, -0.2) is 9.67 Å². The standard InChI is InChI=1S/C27H32ClN9O/c1-6-7-21-18-12-17(15-29)8-9-23(18)37(34-21)26-19(28)16-31-27(33-26)32-22-13-20(30)24(14-25(22)38-5)36(4)11-10-35(2)3/h8-9,12-14,16H,6-7,10-11,30H2,1-5H3,(H,31,32,33). The largest absolute Gasteiger partial charge is 0.494 e. The number of hydrogen-bond donors (Lipinski definition) is 2. The molecule has 0 amide bonds. The minimum atomic E-state index is 0.310. The topological polar surface area (TPSA) is 121 Å². The van der Waals surface area contributed by atoms with E-state index in [4.69, 9.17) is 27.2 Å². The second-order valence-corrected chi connectivity index (χ2v) is 9.69. The number of halogens is 1. The Labute approximate surface area is 227 Å². The van der Waals surface area contributed by atoms with Crippen LogP contribution in [0.25, 0.3) is 16.7 Å². The zero-order valence-electron chi connectivity index (χ0n) is 22.3. The Hall–Kier alpha value is -4.07. The highest BCUT2D eigenvalue weighted by Crippen LogP contribution is 2.36. The average Bonchev–Trinajstić information content (AvgIpc) is 3.26. The minimum absolute atomic E-state index is 0.310. The van der Waals surface area contributed by atoms with E-state index in [1.807, 2.05) is 45.4 Å². The second kappa shape index (κ2) is 11.5. The summed E-state index contributed by atoms with van der Waals surface area (Å²) in [6.07, 6.45) is 3.20. The number of likely N-dealkylation sites (N-methyl/N-ethyl adjacent to an activating group) is 2. The molecule has 11 heteroatoms. The number of anilines is 4. The summed E-state index contributed by atoms with van der Waals surface area (Å²) in [7, 11) is 7.67. The molecule has 0 aliphatic heterocycles. The van der Waals surface area contributed by atoms with Gasteiger partial charge in [0.25, 0.3) is 0 Å². The van der Waals surface area contributed by atoms with Crippen LogP contribution in [0.5, 0.6) is 5.75 Å². The first kappa shape index (κ1) is 27.0. The molecule has 198 valence electrons. The molecule has 0 bridgehead atoms. The number of methoxy groups -OCH3 is 1. The molecule has 4 rings (SSSR count). The zero-order chi connectivity index (χ0) is 27.4. The number of aromatic nitrogens is 4. The fourth-order valence-electron chi connectivity index (χ4n) is 4.17. The average molecular weight is 534 g/mol. The zero-order valence-corrected chi connectivity index (χ0v) is 23.0. The first-order valence-electron chi connectivity index (χ1n) is 12.3.